The molecule has 1 atom stereocenters. The fraction of sp³-hybridized carbons (Fsp3) is 0.571. The smallest absolute Gasteiger partial charge is 0.0561 e. The first-order valence-electron chi connectivity index (χ1n) is 5.90. The maximum atomic E-state index is 6.16. The third-order valence-electron chi connectivity index (χ3n) is 2.18. The lowest BCUT2D eigenvalue weighted by Gasteiger charge is -2.14. The fourth-order valence-corrected chi connectivity index (χ4v) is 2.74. The summed E-state index contributed by atoms with van der Waals surface area (Å²) in [5, 5.41) is 6.31. The van der Waals surface area contributed by atoms with Gasteiger partial charge in [-0.1, -0.05) is 24.4 Å². The van der Waals surface area contributed by atoms with E-state index in [9.17, 15) is 0 Å². The standard InChI is InChI=1S/C14H20ClNS/c1-5-16-12(7-6-9-14(2,3)4)13-11(15)8-10-17-13/h8,10,12,16H,5,7H2,1-4H3. The first-order chi connectivity index (χ1) is 7.94. The van der Waals surface area contributed by atoms with Gasteiger partial charge < -0.3 is 5.32 Å². The molecule has 1 heterocycles. The number of nitrogens with one attached hydrogen (secondary N) is 1. The molecule has 1 aromatic rings. The number of hydrogen-bond donors (Lipinski definition) is 1. The largest absolute Gasteiger partial charge is 0.309 e. The highest BCUT2D eigenvalue weighted by Crippen LogP contribution is 2.30. The Kier molecular flexibility index (Phi) is 5.52. The Morgan fingerprint density at radius 3 is 2.65 bits per heavy atom. The fourth-order valence-electron chi connectivity index (χ4n) is 1.48. The number of rotatable bonds is 4. The molecule has 0 aliphatic heterocycles. The second-order valence-electron chi connectivity index (χ2n) is 5.00. The van der Waals surface area contributed by atoms with Gasteiger partial charge in [-0.25, -0.2) is 0 Å². The molecule has 0 amide bonds. The van der Waals surface area contributed by atoms with Gasteiger partial charge in [0.1, 0.15) is 0 Å². The van der Waals surface area contributed by atoms with Gasteiger partial charge in [-0.05, 0) is 38.8 Å². The van der Waals surface area contributed by atoms with E-state index in [1.807, 2.05) is 11.4 Å². The van der Waals surface area contributed by atoms with Crippen LogP contribution in [0.15, 0.2) is 11.4 Å². The Hall–Kier alpha value is -0.490. The molecule has 1 rings (SSSR count). The van der Waals surface area contributed by atoms with Crippen molar-refractivity contribution >= 4 is 22.9 Å². The molecule has 0 aliphatic carbocycles. The van der Waals surface area contributed by atoms with Crippen molar-refractivity contribution in [2.24, 2.45) is 5.41 Å². The second-order valence-corrected chi connectivity index (χ2v) is 6.35. The molecule has 0 saturated carbocycles. The van der Waals surface area contributed by atoms with Crippen molar-refractivity contribution in [3.8, 4) is 11.8 Å². The summed E-state index contributed by atoms with van der Waals surface area (Å²) >= 11 is 7.85. The van der Waals surface area contributed by atoms with E-state index in [-0.39, 0.29) is 11.5 Å². The molecular formula is C14H20ClNS. The Morgan fingerprint density at radius 2 is 2.18 bits per heavy atom. The van der Waals surface area contributed by atoms with Gasteiger partial charge in [0.15, 0.2) is 0 Å². The average molecular weight is 270 g/mol. The van der Waals surface area contributed by atoms with Crippen LogP contribution in [-0.4, -0.2) is 6.54 Å². The van der Waals surface area contributed by atoms with Crippen molar-refractivity contribution in [3.05, 3.63) is 21.3 Å². The third kappa shape index (κ3) is 5.12. The predicted molar refractivity (Wildman–Crippen MR) is 77.6 cm³/mol. The molecular weight excluding hydrogens is 250 g/mol. The van der Waals surface area contributed by atoms with Gasteiger partial charge in [0.2, 0.25) is 0 Å². The molecule has 1 unspecified atom stereocenters. The van der Waals surface area contributed by atoms with Crippen molar-refractivity contribution in [1.82, 2.24) is 5.32 Å². The number of hydrogen-bond acceptors (Lipinski definition) is 2. The summed E-state index contributed by atoms with van der Waals surface area (Å²) in [4.78, 5) is 1.19. The minimum atomic E-state index is 0.0655. The van der Waals surface area contributed by atoms with Crippen LogP contribution in [0.3, 0.4) is 0 Å². The zero-order valence-corrected chi connectivity index (χ0v) is 12.5. The third-order valence-corrected chi connectivity index (χ3v) is 3.65. The van der Waals surface area contributed by atoms with E-state index in [1.165, 1.54) is 4.88 Å². The van der Waals surface area contributed by atoms with Crippen LogP contribution < -0.4 is 5.32 Å². The van der Waals surface area contributed by atoms with E-state index in [2.05, 4.69) is 44.9 Å². The van der Waals surface area contributed by atoms with Crippen LogP contribution in [0.1, 0.15) is 45.0 Å². The van der Waals surface area contributed by atoms with Gasteiger partial charge in [-0.2, -0.15) is 0 Å². The van der Waals surface area contributed by atoms with E-state index < -0.39 is 0 Å². The molecule has 94 valence electrons. The second kappa shape index (κ2) is 6.44. The molecule has 0 aliphatic rings. The zero-order valence-electron chi connectivity index (χ0n) is 10.9. The molecule has 0 aromatic carbocycles. The van der Waals surface area contributed by atoms with Crippen LogP contribution in [0, 0.1) is 17.3 Å². The molecule has 1 aromatic heterocycles. The summed E-state index contributed by atoms with van der Waals surface area (Å²) < 4.78 is 0. The lowest BCUT2D eigenvalue weighted by Crippen LogP contribution is -2.19. The predicted octanol–water partition coefficient (Wildman–Crippen LogP) is 4.49. The number of halogens is 1. The first-order valence-corrected chi connectivity index (χ1v) is 7.16. The molecule has 1 N–H and O–H groups in total. The number of thiophene rings is 1. The van der Waals surface area contributed by atoms with E-state index in [0.29, 0.717) is 0 Å². The SMILES string of the molecule is CCNC(CC#CC(C)(C)C)c1sccc1Cl. The van der Waals surface area contributed by atoms with Gasteiger partial charge in [-0.3, -0.25) is 0 Å². The van der Waals surface area contributed by atoms with Crippen molar-refractivity contribution < 1.29 is 0 Å². The van der Waals surface area contributed by atoms with Crippen LogP contribution in [0.4, 0.5) is 0 Å². The monoisotopic (exact) mass is 269 g/mol. The van der Waals surface area contributed by atoms with E-state index in [0.717, 1.165) is 18.0 Å². The zero-order chi connectivity index (χ0) is 12.9. The van der Waals surface area contributed by atoms with E-state index in [1.54, 1.807) is 11.3 Å². The molecule has 0 bridgehead atoms. The Morgan fingerprint density at radius 1 is 1.47 bits per heavy atom. The summed E-state index contributed by atoms with van der Waals surface area (Å²) in [7, 11) is 0. The Labute approximate surface area is 114 Å². The van der Waals surface area contributed by atoms with Crippen molar-refractivity contribution in [2.45, 2.75) is 40.2 Å². The molecule has 0 radical (unpaired) electrons. The van der Waals surface area contributed by atoms with Crippen LogP contribution >= 0.6 is 22.9 Å². The van der Waals surface area contributed by atoms with Crippen LogP contribution in [0.2, 0.25) is 5.02 Å². The maximum absolute atomic E-state index is 6.16. The Bertz CT molecular complexity index is 406. The highest BCUT2D eigenvalue weighted by atomic mass is 35.5. The summed E-state index contributed by atoms with van der Waals surface area (Å²) in [6, 6.07) is 2.20. The minimum Gasteiger partial charge on any atom is -0.309 e. The molecule has 0 saturated heterocycles. The lowest BCUT2D eigenvalue weighted by atomic mass is 9.97. The molecule has 1 nitrogen and oxygen atoms in total. The summed E-state index contributed by atoms with van der Waals surface area (Å²) in [5.74, 6) is 6.52. The van der Waals surface area contributed by atoms with Gasteiger partial charge >= 0.3 is 0 Å². The van der Waals surface area contributed by atoms with E-state index >= 15 is 0 Å². The summed E-state index contributed by atoms with van der Waals surface area (Å²) in [6.07, 6.45) is 0.811. The first kappa shape index (κ1) is 14.6. The summed E-state index contributed by atoms with van der Waals surface area (Å²) in [6.45, 7) is 9.41. The van der Waals surface area contributed by atoms with Crippen LogP contribution in [0.25, 0.3) is 0 Å². The molecule has 0 fully saturated rings. The topological polar surface area (TPSA) is 12.0 Å². The normalized spacial score (nSPS) is 13.0. The van der Waals surface area contributed by atoms with Crippen molar-refractivity contribution in [2.75, 3.05) is 6.54 Å². The van der Waals surface area contributed by atoms with Crippen LogP contribution in [0.5, 0.6) is 0 Å². The quantitative estimate of drug-likeness (QED) is 0.794. The highest BCUT2D eigenvalue weighted by molar-refractivity contribution is 7.10. The maximum Gasteiger partial charge on any atom is 0.0561 e. The molecule has 17 heavy (non-hydrogen) atoms. The molecule has 3 heteroatoms. The summed E-state index contributed by atoms with van der Waals surface area (Å²) in [5.41, 5.74) is 0.0655. The molecule has 0 spiro atoms. The van der Waals surface area contributed by atoms with Gasteiger partial charge in [-0.15, -0.1) is 17.3 Å². The van der Waals surface area contributed by atoms with Gasteiger partial charge in [0.05, 0.1) is 11.1 Å². The highest BCUT2D eigenvalue weighted by Gasteiger charge is 2.14. The van der Waals surface area contributed by atoms with E-state index in [4.69, 9.17) is 11.6 Å². The lowest BCUT2D eigenvalue weighted by molar-refractivity contribution is 0.559. The minimum absolute atomic E-state index is 0.0655. The van der Waals surface area contributed by atoms with Crippen molar-refractivity contribution in [1.29, 1.82) is 0 Å². The van der Waals surface area contributed by atoms with Gasteiger partial charge in [0, 0.05) is 16.7 Å². The average Bonchev–Trinajstić information content (AvgIpc) is 2.61. The Balaban J connectivity index is 2.74. The van der Waals surface area contributed by atoms with Gasteiger partial charge in [0.25, 0.3) is 0 Å². The van der Waals surface area contributed by atoms with Crippen molar-refractivity contribution in [3.63, 3.8) is 0 Å². The van der Waals surface area contributed by atoms with Crippen LogP contribution in [-0.2, 0) is 0 Å².